The first kappa shape index (κ1) is 15.4. The number of nitrogens with one attached hydrogen (secondary N) is 1. The Morgan fingerprint density at radius 3 is 2.67 bits per heavy atom. The summed E-state index contributed by atoms with van der Waals surface area (Å²) in [6.07, 6.45) is 1.42. The van der Waals surface area contributed by atoms with Gasteiger partial charge in [-0.05, 0) is 18.2 Å². The minimum atomic E-state index is -3.84. The first-order valence-electron chi connectivity index (χ1n) is 6.08. The monoisotopic (exact) mass is 310 g/mol. The highest BCUT2D eigenvalue weighted by Gasteiger charge is 2.25. The molecule has 0 bridgehead atoms. The maximum absolute atomic E-state index is 13.6. The van der Waals surface area contributed by atoms with Gasteiger partial charge in [0.25, 0.3) is 0 Å². The van der Waals surface area contributed by atoms with E-state index in [1.807, 2.05) is 0 Å². The zero-order chi connectivity index (χ0) is 15.5. The summed E-state index contributed by atoms with van der Waals surface area (Å²) in [7, 11) is -2.46. The molecule has 0 saturated heterocycles. The van der Waals surface area contributed by atoms with Crippen LogP contribution in [0.2, 0.25) is 0 Å². The fraction of sp³-hybridized carbons (Fsp3) is 0.154. The van der Waals surface area contributed by atoms with Gasteiger partial charge >= 0.3 is 0 Å². The summed E-state index contributed by atoms with van der Waals surface area (Å²) in [5.74, 6) is 4.85. The van der Waals surface area contributed by atoms with Gasteiger partial charge in [0.05, 0.1) is 0 Å². The zero-order valence-corrected chi connectivity index (χ0v) is 12.1. The molecule has 0 atom stereocenters. The highest BCUT2D eigenvalue weighted by atomic mass is 32.2. The summed E-state index contributed by atoms with van der Waals surface area (Å²) in [4.78, 5) is 3.79. The van der Waals surface area contributed by atoms with Crippen molar-refractivity contribution in [1.82, 2.24) is 9.29 Å². The number of hydrogen-bond donors (Lipinski definition) is 2. The summed E-state index contributed by atoms with van der Waals surface area (Å²) in [5.41, 5.74) is 2.53. The van der Waals surface area contributed by atoms with Crippen molar-refractivity contribution in [3.05, 3.63) is 54.0 Å². The number of rotatable bonds is 5. The maximum Gasteiger partial charge on any atom is 0.246 e. The van der Waals surface area contributed by atoms with Crippen molar-refractivity contribution in [2.75, 3.05) is 12.5 Å². The van der Waals surface area contributed by atoms with Crippen LogP contribution >= 0.6 is 0 Å². The Bertz CT molecular complexity index is 736. The van der Waals surface area contributed by atoms with Crippen LogP contribution in [0.3, 0.4) is 0 Å². The highest BCUT2D eigenvalue weighted by molar-refractivity contribution is 7.89. The van der Waals surface area contributed by atoms with Gasteiger partial charge in [0, 0.05) is 25.4 Å². The predicted octanol–water partition coefficient (Wildman–Crippen LogP) is 1.33. The van der Waals surface area contributed by atoms with Crippen LogP contribution in [-0.4, -0.2) is 24.8 Å². The predicted molar refractivity (Wildman–Crippen MR) is 77.1 cm³/mol. The Labute approximate surface area is 122 Å². The minimum absolute atomic E-state index is 0.0397. The van der Waals surface area contributed by atoms with Gasteiger partial charge in [-0.2, -0.15) is 4.31 Å². The molecule has 0 aliphatic heterocycles. The molecule has 0 unspecified atom stereocenters. The molecule has 0 saturated carbocycles. The fourth-order valence-electron chi connectivity index (χ4n) is 1.83. The number of nitrogen functional groups attached to an aromatic ring is 1. The van der Waals surface area contributed by atoms with Crippen LogP contribution in [0.1, 0.15) is 5.56 Å². The molecule has 1 heterocycles. The van der Waals surface area contributed by atoms with Gasteiger partial charge < -0.3 is 5.43 Å². The van der Waals surface area contributed by atoms with Crippen molar-refractivity contribution < 1.29 is 12.8 Å². The smallest absolute Gasteiger partial charge is 0.246 e. The molecule has 0 aliphatic rings. The van der Waals surface area contributed by atoms with Crippen LogP contribution in [0.5, 0.6) is 0 Å². The normalized spacial score (nSPS) is 11.6. The molecule has 112 valence electrons. The van der Waals surface area contributed by atoms with Crippen LogP contribution in [0, 0.1) is 5.82 Å². The van der Waals surface area contributed by atoms with Crippen LogP contribution in [0.4, 0.5) is 10.2 Å². The average Bonchev–Trinajstić information content (AvgIpc) is 2.49. The van der Waals surface area contributed by atoms with E-state index in [0.717, 1.165) is 4.31 Å². The fourth-order valence-corrected chi connectivity index (χ4v) is 3.08. The van der Waals surface area contributed by atoms with Crippen LogP contribution < -0.4 is 11.3 Å². The van der Waals surface area contributed by atoms with Crippen molar-refractivity contribution in [1.29, 1.82) is 0 Å². The molecule has 1 aromatic carbocycles. The topological polar surface area (TPSA) is 88.3 Å². The second kappa shape index (κ2) is 6.17. The summed E-state index contributed by atoms with van der Waals surface area (Å²) >= 11 is 0. The van der Waals surface area contributed by atoms with Crippen molar-refractivity contribution in [2.45, 2.75) is 11.4 Å². The summed E-state index contributed by atoms with van der Waals surface area (Å²) < 4.78 is 39.7. The maximum atomic E-state index is 13.6. The lowest BCUT2D eigenvalue weighted by atomic mass is 10.2. The molecule has 6 nitrogen and oxygen atoms in total. The number of halogens is 1. The number of nitrogens with two attached hydrogens (primary N) is 1. The molecule has 0 spiro atoms. The number of benzene rings is 1. The Balaban J connectivity index is 2.33. The van der Waals surface area contributed by atoms with Crippen molar-refractivity contribution in [3.63, 3.8) is 0 Å². The SMILES string of the molecule is CN(Cc1ccccc1F)S(=O)(=O)c1cccnc1NN. The van der Waals surface area contributed by atoms with Crippen molar-refractivity contribution in [2.24, 2.45) is 5.84 Å². The molecular weight excluding hydrogens is 295 g/mol. The number of hydrogen-bond acceptors (Lipinski definition) is 5. The third kappa shape index (κ3) is 3.18. The molecule has 0 radical (unpaired) electrons. The number of sulfonamides is 1. The molecule has 2 rings (SSSR count). The molecule has 2 aromatic rings. The van der Waals surface area contributed by atoms with Gasteiger partial charge in [-0.1, -0.05) is 18.2 Å². The van der Waals surface area contributed by atoms with E-state index in [2.05, 4.69) is 10.4 Å². The Morgan fingerprint density at radius 1 is 1.29 bits per heavy atom. The minimum Gasteiger partial charge on any atom is -0.307 e. The Hall–Kier alpha value is -2.03. The standard InChI is InChI=1S/C13H15FN4O2S/c1-18(9-10-5-2-3-6-11(10)14)21(19,20)12-7-4-8-16-13(12)17-15/h2-8H,9,15H2,1H3,(H,16,17). The van der Waals surface area contributed by atoms with Crippen LogP contribution in [0.15, 0.2) is 47.5 Å². The van der Waals surface area contributed by atoms with Gasteiger partial charge in [-0.25, -0.2) is 23.6 Å². The van der Waals surface area contributed by atoms with Gasteiger partial charge in [0.1, 0.15) is 10.7 Å². The summed E-state index contributed by atoms with van der Waals surface area (Å²) in [6.45, 7) is -0.0894. The molecule has 3 N–H and O–H groups in total. The van der Waals surface area contributed by atoms with Gasteiger partial charge in [-0.3, -0.25) is 0 Å². The van der Waals surface area contributed by atoms with Crippen LogP contribution in [0.25, 0.3) is 0 Å². The summed E-state index contributed by atoms with van der Waals surface area (Å²) in [5, 5.41) is 0. The highest BCUT2D eigenvalue weighted by Crippen LogP contribution is 2.22. The number of pyridine rings is 1. The van der Waals surface area contributed by atoms with E-state index in [1.165, 1.54) is 37.5 Å². The lowest BCUT2D eigenvalue weighted by Crippen LogP contribution is -2.28. The molecule has 1 aromatic heterocycles. The zero-order valence-electron chi connectivity index (χ0n) is 11.3. The van der Waals surface area contributed by atoms with E-state index in [4.69, 9.17) is 5.84 Å². The molecule has 0 amide bonds. The van der Waals surface area contributed by atoms with Gasteiger partial charge in [-0.15, -0.1) is 0 Å². The third-order valence-electron chi connectivity index (χ3n) is 2.95. The second-order valence-electron chi connectivity index (χ2n) is 4.35. The number of anilines is 1. The lowest BCUT2D eigenvalue weighted by molar-refractivity contribution is 0.456. The number of hydrazine groups is 1. The molecule has 21 heavy (non-hydrogen) atoms. The first-order valence-corrected chi connectivity index (χ1v) is 7.52. The first-order chi connectivity index (χ1) is 9.96. The Morgan fingerprint density at radius 2 is 2.00 bits per heavy atom. The third-order valence-corrected chi connectivity index (χ3v) is 4.78. The average molecular weight is 310 g/mol. The molecule has 8 heteroatoms. The van der Waals surface area contributed by atoms with E-state index < -0.39 is 15.8 Å². The van der Waals surface area contributed by atoms with E-state index >= 15 is 0 Å². The molecule has 0 fully saturated rings. The quantitative estimate of drug-likeness (QED) is 0.642. The second-order valence-corrected chi connectivity index (χ2v) is 6.36. The van der Waals surface area contributed by atoms with E-state index in [-0.39, 0.29) is 22.8 Å². The van der Waals surface area contributed by atoms with E-state index in [1.54, 1.807) is 12.1 Å². The lowest BCUT2D eigenvalue weighted by Gasteiger charge is -2.18. The Kier molecular flexibility index (Phi) is 4.51. The van der Waals surface area contributed by atoms with Gasteiger partial charge in [0.15, 0.2) is 5.82 Å². The van der Waals surface area contributed by atoms with Crippen molar-refractivity contribution in [3.8, 4) is 0 Å². The number of aromatic nitrogens is 1. The van der Waals surface area contributed by atoms with Crippen molar-refractivity contribution >= 4 is 15.8 Å². The van der Waals surface area contributed by atoms with E-state index in [9.17, 15) is 12.8 Å². The van der Waals surface area contributed by atoms with Crippen LogP contribution in [-0.2, 0) is 16.6 Å². The molecule has 0 aliphatic carbocycles. The largest absolute Gasteiger partial charge is 0.307 e. The number of nitrogens with zero attached hydrogens (tertiary/aromatic N) is 2. The molecular formula is C13H15FN4O2S. The van der Waals surface area contributed by atoms with E-state index in [0.29, 0.717) is 0 Å². The van der Waals surface area contributed by atoms with Gasteiger partial charge in [0.2, 0.25) is 10.0 Å². The summed E-state index contributed by atoms with van der Waals surface area (Å²) in [6, 6.07) is 8.89.